The minimum atomic E-state index is -0.0972. The van der Waals surface area contributed by atoms with Gasteiger partial charge >= 0.3 is 0 Å². The Morgan fingerprint density at radius 1 is 0.315 bits per heavy atom. The lowest BCUT2D eigenvalue weighted by Crippen LogP contribution is -2.15. The molecule has 0 unspecified atom stereocenters. The van der Waals surface area contributed by atoms with Gasteiger partial charge in [-0.15, -0.1) is 0 Å². The molecule has 0 atom stereocenters. The van der Waals surface area contributed by atoms with Gasteiger partial charge in [-0.25, -0.2) is 0 Å². The predicted molar refractivity (Wildman–Crippen MR) is 231 cm³/mol. The van der Waals surface area contributed by atoms with Crippen molar-refractivity contribution in [2.75, 3.05) is 0 Å². The summed E-state index contributed by atoms with van der Waals surface area (Å²) in [5.41, 5.74) is 27.2. The summed E-state index contributed by atoms with van der Waals surface area (Å²) in [6, 6.07) is 47.3. The van der Waals surface area contributed by atoms with Crippen molar-refractivity contribution in [3.05, 3.63) is 166 Å². The van der Waals surface area contributed by atoms with Crippen molar-refractivity contribution in [1.82, 2.24) is 0 Å². The summed E-state index contributed by atoms with van der Waals surface area (Å²) in [5, 5.41) is 5.31. The molecule has 0 aliphatic heterocycles. The summed E-state index contributed by atoms with van der Waals surface area (Å²) in [7, 11) is 0. The van der Waals surface area contributed by atoms with Gasteiger partial charge in [0.15, 0.2) is 0 Å². The van der Waals surface area contributed by atoms with E-state index < -0.39 is 0 Å². The van der Waals surface area contributed by atoms with Crippen LogP contribution in [0.25, 0.3) is 88.3 Å². The molecule has 0 nitrogen and oxygen atoms in total. The van der Waals surface area contributed by atoms with Gasteiger partial charge < -0.3 is 0 Å². The molecule has 11 rings (SSSR count). The maximum Gasteiger partial charge on any atom is 0.0159 e. The minimum absolute atomic E-state index is 0.0972. The number of benzene rings is 8. The molecule has 0 saturated carbocycles. The third-order valence-electron chi connectivity index (χ3n) is 13.3. The van der Waals surface area contributed by atoms with Gasteiger partial charge in [-0.2, -0.15) is 0 Å². The first-order valence-electron chi connectivity index (χ1n) is 19.6. The Kier molecular flexibility index (Phi) is 6.17. The van der Waals surface area contributed by atoms with Crippen LogP contribution in [0.5, 0.6) is 0 Å². The molecule has 8 aromatic carbocycles. The van der Waals surface area contributed by atoms with E-state index in [-0.39, 0.29) is 10.8 Å². The Labute approximate surface area is 319 Å². The number of rotatable bonds is 2. The quantitative estimate of drug-likeness (QED) is 0.169. The van der Waals surface area contributed by atoms with Crippen molar-refractivity contribution in [3.63, 3.8) is 0 Å². The topological polar surface area (TPSA) is 0 Å². The molecule has 0 saturated heterocycles. The largest absolute Gasteiger partial charge is 0.0616 e. The van der Waals surface area contributed by atoms with Gasteiger partial charge in [0.05, 0.1) is 0 Å². The van der Waals surface area contributed by atoms with Crippen molar-refractivity contribution in [1.29, 1.82) is 0 Å². The number of hydrogen-bond donors (Lipinski definition) is 0. The van der Waals surface area contributed by atoms with Gasteiger partial charge in [0, 0.05) is 10.8 Å². The molecule has 0 radical (unpaired) electrons. The van der Waals surface area contributed by atoms with Crippen LogP contribution in [0.3, 0.4) is 0 Å². The summed E-state index contributed by atoms with van der Waals surface area (Å²) in [6.45, 7) is 18.7. The van der Waals surface area contributed by atoms with E-state index in [0.29, 0.717) is 0 Å². The molecule has 0 aromatic heterocycles. The molecular formula is C54H44. The monoisotopic (exact) mass is 692 g/mol. The molecule has 3 aliphatic carbocycles. The fraction of sp³-hybridized carbons (Fsp3) is 0.185. The molecule has 0 heteroatoms. The van der Waals surface area contributed by atoms with Crippen molar-refractivity contribution in [3.8, 4) is 66.8 Å². The minimum Gasteiger partial charge on any atom is -0.0616 e. The normalized spacial score (nSPS) is 15.0. The van der Waals surface area contributed by atoms with Crippen LogP contribution in [-0.2, 0) is 10.8 Å². The zero-order chi connectivity index (χ0) is 37.0. The second-order valence-electron chi connectivity index (χ2n) is 17.6. The van der Waals surface area contributed by atoms with Gasteiger partial charge in [0.1, 0.15) is 0 Å². The Bertz CT molecular complexity index is 2820. The molecule has 8 aromatic rings. The van der Waals surface area contributed by atoms with E-state index in [2.05, 4.69) is 177 Å². The molecule has 0 N–H and O–H groups in total. The molecule has 54 heavy (non-hydrogen) atoms. The summed E-state index contributed by atoms with van der Waals surface area (Å²) < 4.78 is 0. The number of hydrogen-bond acceptors (Lipinski definition) is 0. The van der Waals surface area contributed by atoms with Crippen molar-refractivity contribution >= 4 is 21.5 Å². The molecule has 3 aliphatic rings. The summed E-state index contributed by atoms with van der Waals surface area (Å²) >= 11 is 0. The van der Waals surface area contributed by atoms with Gasteiger partial charge in [-0.1, -0.05) is 171 Å². The van der Waals surface area contributed by atoms with Crippen molar-refractivity contribution < 1.29 is 0 Å². The Hall–Kier alpha value is -5.72. The summed E-state index contributed by atoms with van der Waals surface area (Å²) in [5.74, 6) is 0. The molecule has 0 amide bonds. The fourth-order valence-corrected chi connectivity index (χ4v) is 10.9. The first-order valence-corrected chi connectivity index (χ1v) is 19.6. The van der Waals surface area contributed by atoms with E-state index in [1.807, 2.05) is 0 Å². The summed E-state index contributed by atoms with van der Waals surface area (Å²) in [6.07, 6.45) is 0. The van der Waals surface area contributed by atoms with Crippen LogP contribution in [-0.4, -0.2) is 0 Å². The lowest BCUT2D eigenvalue weighted by molar-refractivity contribution is 0.659. The van der Waals surface area contributed by atoms with Crippen LogP contribution in [0.1, 0.15) is 72.2 Å². The maximum atomic E-state index is 2.49. The lowest BCUT2D eigenvalue weighted by atomic mass is 9.77. The Morgan fingerprint density at radius 3 is 1.19 bits per heavy atom. The number of aryl methyl sites for hydroxylation is 4. The highest BCUT2D eigenvalue weighted by molar-refractivity contribution is 6.29. The average Bonchev–Trinajstić information content (AvgIpc) is 3.68. The first kappa shape index (κ1) is 31.8. The second kappa shape index (κ2) is 10.5. The maximum absolute atomic E-state index is 2.49. The SMILES string of the molecule is Cc1ccc2c(c1)C(C)(C)c1cc(C)cc(-c3c4c(c(-c5cc(C)cc6c5-c5ccc(C)cc5C6(C)C)c5ccccc35)-c3cccc5cccc-4c35)c1-2. The molecular weight excluding hydrogens is 649 g/mol. The standard InChI is InChI=1S/C54H44/c1-29-19-21-36-42(25-29)53(5,6)44-27-31(3)23-40(47(36)44)49-34-15-9-10-16-35(34)50(52-39-18-12-14-33-13-11-17-38(46(33)39)51(49)52)41-24-32(4)28-45-48(41)37-22-20-30(2)26-43(37)54(45,7)8/h9-28H,1-8H3. The van der Waals surface area contributed by atoms with Crippen LogP contribution >= 0.6 is 0 Å². The first-order chi connectivity index (χ1) is 25.9. The highest BCUT2D eigenvalue weighted by Gasteiger charge is 2.41. The average molecular weight is 693 g/mol. The van der Waals surface area contributed by atoms with Gasteiger partial charge in [-0.05, 0) is 138 Å². The molecule has 0 spiro atoms. The van der Waals surface area contributed by atoms with E-state index in [0.717, 1.165) is 0 Å². The molecule has 0 heterocycles. The van der Waals surface area contributed by atoms with Crippen LogP contribution < -0.4 is 0 Å². The smallest absolute Gasteiger partial charge is 0.0159 e. The Morgan fingerprint density at radius 2 is 0.741 bits per heavy atom. The van der Waals surface area contributed by atoms with Crippen LogP contribution in [0.15, 0.2) is 121 Å². The van der Waals surface area contributed by atoms with E-state index in [1.165, 1.54) is 133 Å². The van der Waals surface area contributed by atoms with E-state index >= 15 is 0 Å². The highest BCUT2D eigenvalue weighted by Crippen LogP contribution is 2.63. The second-order valence-corrected chi connectivity index (χ2v) is 17.6. The van der Waals surface area contributed by atoms with E-state index in [4.69, 9.17) is 0 Å². The van der Waals surface area contributed by atoms with Crippen LogP contribution in [0.4, 0.5) is 0 Å². The van der Waals surface area contributed by atoms with Crippen LogP contribution in [0, 0.1) is 27.7 Å². The molecule has 0 bridgehead atoms. The van der Waals surface area contributed by atoms with Crippen molar-refractivity contribution in [2.24, 2.45) is 0 Å². The third kappa shape index (κ3) is 3.94. The van der Waals surface area contributed by atoms with E-state index in [9.17, 15) is 0 Å². The third-order valence-corrected chi connectivity index (χ3v) is 13.3. The van der Waals surface area contributed by atoms with Gasteiger partial charge in [0.2, 0.25) is 0 Å². The van der Waals surface area contributed by atoms with Gasteiger partial charge in [-0.3, -0.25) is 0 Å². The fourth-order valence-electron chi connectivity index (χ4n) is 10.9. The molecule has 260 valence electrons. The van der Waals surface area contributed by atoms with Gasteiger partial charge in [0.25, 0.3) is 0 Å². The zero-order valence-electron chi connectivity index (χ0n) is 32.5. The number of fused-ring (bicyclic) bond motifs is 10. The van der Waals surface area contributed by atoms with Crippen molar-refractivity contribution in [2.45, 2.75) is 66.2 Å². The predicted octanol–water partition coefficient (Wildman–Crippen LogP) is 14.8. The van der Waals surface area contributed by atoms with E-state index in [1.54, 1.807) is 0 Å². The zero-order valence-corrected chi connectivity index (χ0v) is 32.5. The van der Waals surface area contributed by atoms with Crippen LogP contribution in [0.2, 0.25) is 0 Å². The lowest BCUT2D eigenvalue weighted by Gasteiger charge is -2.26. The summed E-state index contributed by atoms with van der Waals surface area (Å²) in [4.78, 5) is 0. The highest BCUT2D eigenvalue weighted by atomic mass is 14.4. The molecule has 0 fully saturated rings. The Balaban J connectivity index is 1.36.